The highest BCUT2D eigenvalue weighted by molar-refractivity contribution is 7.80. The van der Waals surface area contributed by atoms with E-state index in [-0.39, 0.29) is 23.4 Å². The average molecular weight is 431 g/mol. The minimum absolute atomic E-state index is 0.0556. The van der Waals surface area contributed by atoms with E-state index in [4.69, 9.17) is 21.7 Å². The number of piperidine rings is 1. The van der Waals surface area contributed by atoms with Gasteiger partial charge in [-0.1, -0.05) is 12.1 Å². The Labute approximate surface area is 170 Å². The van der Waals surface area contributed by atoms with Gasteiger partial charge in [0.1, 0.15) is 6.61 Å². The van der Waals surface area contributed by atoms with Crippen molar-refractivity contribution in [3.8, 4) is 0 Å². The first-order chi connectivity index (χ1) is 13.7. The normalized spacial score (nSPS) is 20.4. The second kappa shape index (κ2) is 8.44. The van der Waals surface area contributed by atoms with Gasteiger partial charge in [0.2, 0.25) is 0 Å². The lowest BCUT2D eigenvalue weighted by atomic mass is 10.0. The summed E-state index contributed by atoms with van der Waals surface area (Å²) in [5, 5.41) is 2.85. The number of alkyl halides is 3. The van der Waals surface area contributed by atoms with Crippen LogP contribution in [0.2, 0.25) is 0 Å². The van der Waals surface area contributed by atoms with E-state index in [1.807, 2.05) is 0 Å². The number of esters is 1. The molecule has 1 aromatic rings. The van der Waals surface area contributed by atoms with E-state index < -0.39 is 29.8 Å². The number of rotatable bonds is 3. The van der Waals surface area contributed by atoms with Crippen molar-refractivity contribution in [2.45, 2.75) is 31.1 Å². The van der Waals surface area contributed by atoms with Crippen molar-refractivity contribution in [3.63, 3.8) is 0 Å². The fourth-order valence-corrected chi connectivity index (χ4v) is 3.83. The standard InChI is InChI=1S/C18H20F3N3O4S/c1-27-15(25)14-10-28-17(26)24(14)11-6-8-23(9-7-11)16(29)22-13-5-3-2-4-12(13)18(19,20)21/h2-5,11,14H,6-10H2,1H3,(H,22,29). The number of carbonyl (C=O) groups is 2. The molecular formula is C18H20F3N3O4S. The number of cyclic esters (lactones) is 1. The van der Waals surface area contributed by atoms with Gasteiger partial charge < -0.3 is 19.7 Å². The highest BCUT2D eigenvalue weighted by atomic mass is 32.1. The summed E-state index contributed by atoms with van der Waals surface area (Å²) < 4.78 is 49.1. The first-order valence-corrected chi connectivity index (χ1v) is 9.38. The number of para-hydroxylation sites is 1. The van der Waals surface area contributed by atoms with Crippen LogP contribution in [0.3, 0.4) is 0 Å². The Hall–Kier alpha value is -2.56. The lowest BCUT2D eigenvalue weighted by Gasteiger charge is -2.38. The third-order valence-electron chi connectivity index (χ3n) is 5.00. The Morgan fingerprint density at radius 3 is 2.55 bits per heavy atom. The van der Waals surface area contributed by atoms with Crippen LogP contribution in [0, 0.1) is 0 Å². The second-order valence-corrected chi connectivity index (χ2v) is 7.10. The molecule has 1 atom stereocenters. The maximum atomic E-state index is 13.1. The first kappa shape index (κ1) is 21.2. The molecule has 0 aliphatic carbocycles. The van der Waals surface area contributed by atoms with Crippen LogP contribution in [0.25, 0.3) is 0 Å². The third kappa shape index (κ3) is 4.55. The van der Waals surface area contributed by atoms with Gasteiger partial charge in [0.15, 0.2) is 11.2 Å². The van der Waals surface area contributed by atoms with Crippen LogP contribution in [-0.2, 0) is 20.4 Å². The molecule has 11 heteroatoms. The van der Waals surface area contributed by atoms with Gasteiger partial charge in [-0.3, -0.25) is 4.90 Å². The van der Waals surface area contributed by atoms with E-state index in [2.05, 4.69) is 5.32 Å². The van der Waals surface area contributed by atoms with Crippen molar-refractivity contribution in [1.82, 2.24) is 9.80 Å². The summed E-state index contributed by atoms with van der Waals surface area (Å²) in [6.07, 6.45) is -4.08. The van der Waals surface area contributed by atoms with Crippen LogP contribution in [0.15, 0.2) is 24.3 Å². The molecule has 0 spiro atoms. The zero-order valence-corrected chi connectivity index (χ0v) is 16.4. The number of nitrogens with zero attached hydrogens (tertiary/aromatic N) is 2. The number of nitrogens with one attached hydrogen (secondary N) is 1. The van der Waals surface area contributed by atoms with Crippen LogP contribution < -0.4 is 5.32 Å². The number of anilines is 1. The molecule has 1 unspecified atom stereocenters. The number of thiocarbonyl (C=S) groups is 1. The molecule has 1 N–H and O–H groups in total. The Balaban J connectivity index is 1.62. The van der Waals surface area contributed by atoms with Crippen molar-refractivity contribution in [2.24, 2.45) is 0 Å². The number of halogens is 3. The van der Waals surface area contributed by atoms with Gasteiger partial charge in [0.25, 0.3) is 0 Å². The number of hydrogen-bond donors (Lipinski definition) is 1. The summed E-state index contributed by atoms with van der Waals surface area (Å²) in [5.74, 6) is -0.542. The van der Waals surface area contributed by atoms with E-state index in [9.17, 15) is 22.8 Å². The monoisotopic (exact) mass is 431 g/mol. The van der Waals surface area contributed by atoms with Gasteiger partial charge in [-0.2, -0.15) is 13.2 Å². The summed E-state index contributed by atoms with van der Waals surface area (Å²) in [4.78, 5) is 27.0. The van der Waals surface area contributed by atoms with Gasteiger partial charge >= 0.3 is 18.2 Å². The Morgan fingerprint density at radius 2 is 1.93 bits per heavy atom. The first-order valence-electron chi connectivity index (χ1n) is 8.97. The summed E-state index contributed by atoms with van der Waals surface area (Å²) in [6.45, 7) is 0.782. The molecule has 2 aliphatic heterocycles. The zero-order chi connectivity index (χ0) is 21.2. The fourth-order valence-electron chi connectivity index (χ4n) is 3.53. The van der Waals surface area contributed by atoms with E-state index in [1.54, 1.807) is 4.90 Å². The van der Waals surface area contributed by atoms with E-state index >= 15 is 0 Å². The Kier molecular flexibility index (Phi) is 6.15. The number of likely N-dealkylation sites (tertiary alicyclic amines) is 1. The Bertz CT molecular complexity index is 797. The van der Waals surface area contributed by atoms with Gasteiger partial charge in [0, 0.05) is 19.1 Å². The van der Waals surface area contributed by atoms with Crippen LogP contribution in [-0.4, -0.2) is 65.9 Å². The maximum absolute atomic E-state index is 13.1. The van der Waals surface area contributed by atoms with Gasteiger partial charge in [-0.05, 0) is 37.2 Å². The molecule has 1 amide bonds. The van der Waals surface area contributed by atoms with Crippen LogP contribution in [0.4, 0.5) is 23.7 Å². The highest BCUT2D eigenvalue weighted by Crippen LogP contribution is 2.35. The lowest BCUT2D eigenvalue weighted by molar-refractivity contribution is -0.146. The molecular weight excluding hydrogens is 411 g/mol. The van der Waals surface area contributed by atoms with Gasteiger partial charge in [-0.25, -0.2) is 9.59 Å². The number of methoxy groups -OCH3 is 1. The second-order valence-electron chi connectivity index (χ2n) is 6.71. The van der Waals surface area contributed by atoms with Crippen molar-refractivity contribution >= 4 is 35.1 Å². The zero-order valence-electron chi connectivity index (χ0n) is 15.6. The number of ether oxygens (including phenoxy) is 2. The molecule has 29 heavy (non-hydrogen) atoms. The van der Waals surface area contributed by atoms with Crippen molar-refractivity contribution in [1.29, 1.82) is 0 Å². The van der Waals surface area contributed by atoms with Gasteiger partial charge in [-0.15, -0.1) is 0 Å². The number of amides is 1. The highest BCUT2D eigenvalue weighted by Gasteiger charge is 2.44. The molecule has 2 aliphatic rings. The van der Waals surface area contributed by atoms with E-state index in [1.165, 1.54) is 30.2 Å². The molecule has 7 nitrogen and oxygen atoms in total. The molecule has 1 aromatic carbocycles. The predicted octanol–water partition coefficient (Wildman–Crippen LogP) is 2.86. The van der Waals surface area contributed by atoms with Crippen molar-refractivity contribution < 1.29 is 32.2 Å². The summed E-state index contributed by atoms with van der Waals surface area (Å²) in [5.41, 5.74) is -0.904. The Morgan fingerprint density at radius 1 is 1.28 bits per heavy atom. The summed E-state index contributed by atoms with van der Waals surface area (Å²) in [6, 6.07) is 4.10. The average Bonchev–Trinajstić information content (AvgIpc) is 3.08. The topological polar surface area (TPSA) is 71.1 Å². The minimum atomic E-state index is -4.49. The molecule has 0 bridgehead atoms. The number of benzene rings is 1. The lowest BCUT2D eigenvalue weighted by Crippen LogP contribution is -2.52. The molecule has 0 aromatic heterocycles. The molecule has 158 valence electrons. The molecule has 3 rings (SSSR count). The number of hydrogen-bond acceptors (Lipinski definition) is 5. The van der Waals surface area contributed by atoms with E-state index in [0.29, 0.717) is 25.9 Å². The maximum Gasteiger partial charge on any atom is 0.418 e. The smallest absolute Gasteiger partial charge is 0.418 e. The quantitative estimate of drug-likeness (QED) is 0.583. The number of carbonyl (C=O) groups excluding carboxylic acids is 2. The predicted molar refractivity (Wildman–Crippen MR) is 101 cm³/mol. The van der Waals surface area contributed by atoms with Gasteiger partial charge in [0.05, 0.1) is 18.4 Å². The van der Waals surface area contributed by atoms with Crippen molar-refractivity contribution in [2.75, 3.05) is 32.1 Å². The molecule has 2 heterocycles. The SMILES string of the molecule is COC(=O)C1COC(=O)N1C1CCN(C(=S)Nc2ccccc2C(F)(F)F)CC1. The van der Waals surface area contributed by atoms with Crippen LogP contribution in [0.5, 0.6) is 0 Å². The van der Waals surface area contributed by atoms with Crippen LogP contribution >= 0.6 is 12.2 Å². The van der Waals surface area contributed by atoms with Crippen LogP contribution in [0.1, 0.15) is 18.4 Å². The van der Waals surface area contributed by atoms with Crippen molar-refractivity contribution in [3.05, 3.63) is 29.8 Å². The largest absolute Gasteiger partial charge is 0.467 e. The summed E-state index contributed by atoms with van der Waals surface area (Å²) >= 11 is 5.29. The van der Waals surface area contributed by atoms with E-state index in [0.717, 1.165) is 6.07 Å². The molecule has 0 saturated carbocycles. The molecule has 2 fully saturated rings. The molecule has 0 radical (unpaired) electrons. The fraction of sp³-hybridized carbons (Fsp3) is 0.500. The summed E-state index contributed by atoms with van der Waals surface area (Å²) in [7, 11) is 1.24. The molecule has 2 saturated heterocycles. The minimum Gasteiger partial charge on any atom is -0.467 e. The third-order valence-corrected chi connectivity index (χ3v) is 5.36.